The molecule has 20 heavy (non-hydrogen) atoms. The Kier molecular flexibility index (Phi) is 2.85. The number of carbonyl (C=O) groups excluding carboxylic acids is 1. The van der Waals surface area contributed by atoms with Crippen molar-refractivity contribution in [3.05, 3.63) is 29.6 Å². The second kappa shape index (κ2) is 4.56. The predicted octanol–water partition coefficient (Wildman–Crippen LogP) is 1.94. The summed E-state index contributed by atoms with van der Waals surface area (Å²) in [5.74, 6) is 0.0423. The normalized spacial score (nSPS) is 13.8. The molecule has 2 aromatic rings. The Morgan fingerprint density at radius 1 is 1.35 bits per heavy atom. The van der Waals surface area contributed by atoms with Crippen LogP contribution in [0.3, 0.4) is 0 Å². The Bertz CT molecular complexity index is 689. The summed E-state index contributed by atoms with van der Waals surface area (Å²) in [4.78, 5) is 11.4. The van der Waals surface area contributed by atoms with E-state index in [9.17, 15) is 4.79 Å². The van der Waals surface area contributed by atoms with Gasteiger partial charge in [-0.3, -0.25) is 9.48 Å². The van der Waals surface area contributed by atoms with Gasteiger partial charge in [0.05, 0.1) is 22.8 Å². The summed E-state index contributed by atoms with van der Waals surface area (Å²) >= 11 is 0. The molecule has 0 saturated carbocycles. The highest BCUT2D eigenvalue weighted by atomic mass is 16.1. The first-order chi connectivity index (χ1) is 9.52. The summed E-state index contributed by atoms with van der Waals surface area (Å²) in [5, 5.41) is 10.4. The monoisotopic (exact) mass is 271 g/mol. The summed E-state index contributed by atoms with van der Waals surface area (Å²) in [6, 6.07) is 3.80. The van der Waals surface area contributed by atoms with Crippen molar-refractivity contribution in [1.29, 1.82) is 0 Å². The highest BCUT2D eigenvalue weighted by molar-refractivity contribution is 5.95. The van der Waals surface area contributed by atoms with Crippen LogP contribution < -0.4 is 16.4 Å². The number of nitrogens with two attached hydrogens (primary N) is 1. The number of anilines is 4. The van der Waals surface area contributed by atoms with Gasteiger partial charge in [-0.1, -0.05) is 0 Å². The van der Waals surface area contributed by atoms with Crippen molar-refractivity contribution in [2.45, 2.75) is 19.8 Å². The molecular formula is C14H17N5O. The summed E-state index contributed by atoms with van der Waals surface area (Å²) in [6.45, 7) is 1.94. The molecule has 6 nitrogen and oxygen atoms in total. The highest BCUT2D eigenvalue weighted by Gasteiger charge is 2.17. The molecule has 0 radical (unpaired) electrons. The summed E-state index contributed by atoms with van der Waals surface area (Å²) in [6.07, 6.45) is 3.17. The van der Waals surface area contributed by atoms with E-state index in [-0.39, 0.29) is 5.91 Å². The number of hydrogen-bond donors (Lipinski definition) is 3. The maximum Gasteiger partial charge on any atom is 0.224 e. The molecule has 6 heteroatoms. The number of aromatic nitrogens is 2. The highest BCUT2D eigenvalue weighted by Crippen LogP contribution is 2.33. The van der Waals surface area contributed by atoms with Gasteiger partial charge in [0.1, 0.15) is 0 Å². The second-order valence-corrected chi connectivity index (χ2v) is 5.07. The number of aryl methyl sites for hydroxylation is 3. The number of benzene rings is 1. The molecule has 1 aromatic carbocycles. The molecule has 1 aliphatic rings. The van der Waals surface area contributed by atoms with E-state index in [4.69, 9.17) is 5.73 Å². The van der Waals surface area contributed by atoms with Crippen molar-refractivity contribution in [3.63, 3.8) is 0 Å². The molecule has 2 heterocycles. The van der Waals surface area contributed by atoms with Crippen LogP contribution in [0.15, 0.2) is 18.3 Å². The van der Waals surface area contributed by atoms with Gasteiger partial charge in [0.15, 0.2) is 0 Å². The quantitative estimate of drug-likeness (QED) is 0.729. The van der Waals surface area contributed by atoms with Crippen LogP contribution in [-0.4, -0.2) is 15.7 Å². The Labute approximate surface area is 117 Å². The van der Waals surface area contributed by atoms with Crippen LogP contribution in [0, 0.1) is 6.92 Å². The van der Waals surface area contributed by atoms with Crippen LogP contribution in [0.4, 0.5) is 22.7 Å². The predicted molar refractivity (Wildman–Crippen MR) is 79.0 cm³/mol. The van der Waals surface area contributed by atoms with Gasteiger partial charge < -0.3 is 16.4 Å². The molecule has 0 atom stereocenters. The van der Waals surface area contributed by atoms with Gasteiger partial charge >= 0.3 is 0 Å². The standard InChI is InChI=1S/C14H17N5O/c1-8-13(7-19(2)18-8)16-12-5-9-3-4-14(20)17-11(9)6-10(12)15/h5-7,16H,3-4,15H2,1-2H3,(H,17,20). The third-order valence-corrected chi connectivity index (χ3v) is 3.45. The van der Waals surface area contributed by atoms with E-state index in [2.05, 4.69) is 15.7 Å². The third-order valence-electron chi connectivity index (χ3n) is 3.45. The van der Waals surface area contributed by atoms with Crippen molar-refractivity contribution < 1.29 is 4.79 Å². The third kappa shape index (κ3) is 2.20. The number of nitrogens with one attached hydrogen (secondary N) is 2. The van der Waals surface area contributed by atoms with E-state index in [1.807, 2.05) is 26.2 Å². The molecule has 104 valence electrons. The van der Waals surface area contributed by atoms with Crippen molar-refractivity contribution in [2.75, 3.05) is 16.4 Å². The van der Waals surface area contributed by atoms with E-state index in [0.717, 1.165) is 34.7 Å². The van der Waals surface area contributed by atoms with Gasteiger partial charge in [-0.15, -0.1) is 0 Å². The molecule has 0 saturated heterocycles. The largest absolute Gasteiger partial charge is 0.397 e. The number of fused-ring (bicyclic) bond motifs is 1. The Morgan fingerprint density at radius 3 is 2.85 bits per heavy atom. The van der Waals surface area contributed by atoms with Crippen LogP contribution >= 0.6 is 0 Å². The second-order valence-electron chi connectivity index (χ2n) is 5.07. The summed E-state index contributed by atoms with van der Waals surface area (Å²) < 4.78 is 1.76. The number of rotatable bonds is 2. The molecule has 3 rings (SSSR count). The molecule has 0 unspecified atom stereocenters. The molecule has 4 N–H and O–H groups in total. The van der Waals surface area contributed by atoms with E-state index in [0.29, 0.717) is 12.1 Å². The lowest BCUT2D eigenvalue weighted by atomic mass is 10.0. The molecule has 0 spiro atoms. The molecule has 0 fully saturated rings. The van der Waals surface area contributed by atoms with Gasteiger partial charge in [0.25, 0.3) is 0 Å². The average molecular weight is 271 g/mol. The van der Waals surface area contributed by atoms with Crippen LogP contribution in [0.5, 0.6) is 0 Å². The Morgan fingerprint density at radius 2 is 2.15 bits per heavy atom. The van der Waals surface area contributed by atoms with E-state index in [1.165, 1.54) is 0 Å². The minimum absolute atomic E-state index is 0.0423. The van der Waals surface area contributed by atoms with Crippen LogP contribution in [0.25, 0.3) is 0 Å². The zero-order valence-electron chi connectivity index (χ0n) is 11.5. The first kappa shape index (κ1) is 12.5. The lowest BCUT2D eigenvalue weighted by molar-refractivity contribution is -0.116. The molecule has 1 aromatic heterocycles. The van der Waals surface area contributed by atoms with E-state index < -0.39 is 0 Å². The fourth-order valence-electron chi connectivity index (χ4n) is 2.42. The first-order valence-electron chi connectivity index (χ1n) is 6.52. The number of nitrogens with zero attached hydrogens (tertiary/aromatic N) is 2. The SMILES string of the molecule is Cc1nn(C)cc1Nc1cc2c(cc1N)NC(=O)CC2. The van der Waals surface area contributed by atoms with Gasteiger partial charge in [-0.2, -0.15) is 5.10 Å². The van der Waals surface area contributed by atoms with Crippen molar-refractivity contribution in [1.82, 2.24) is 9.78 Å². The van der Waals surface area contributed by atoms with E-state index in [1.54, 1.807) is 10.7 Å². The average Bonchev–Trinajstić information content (AvgIpc) is 2.69. The fraction of sp³-hybridized carbons (Fsp3) is 0.286. The maximum atomic E-state index is 11.4. The minimum atomic E-state index is 0.0423. The van der Waals surface area contributed by atoms with Crippen molar-refractivity contribution in [3.8, 4) is 0 Å². The topological polar surface area (TPSA) is 85.0 Å². The lowest BCUT2D eigenvalue weighted by Crippen LogP contribution is -2.19. The molecule has 0 aliphatic carbocycles. The van der Waals surface area contributed by atoms with Gasteiger partial charge in [0.2, 0.25) is 5.91 Å². The molecule has 1 amide bonds. The zero-order valence-corrected chi connectivity index (χ0v) is 11.5. The van der Waals surface area contributed by atoms with Gasteiger partial charge in [-0.05, 0) is 31.0 Å². The van der Waals surface area contributed by atoms with Crippen molar-refractivity contribution >= 4 is 28.7 Å². The van der Waals surface area contributed by atoms with Crippen LogP contribution in [-0.2, 0) is 18.3 Å². The fourth-order valence-corrected chi connectivity index (χ4v) is 2.42. The lowest BCUT2D eigenvalue weighted by Gasteiger charge is -2.19. The maximum absolute atomic E-state index is 11.4. The Balaban J connectivity index is 1.94. The first-order valence-corrected chi connectivity index (χ1v) is 6.52. The summed E-state index contributed by atoms with van der Waals surface area (Å²) in [5.41, 5.74) is 11.3. The number of amides is 1. The molecular weight excluding hydrogens is 254 g/mol. The number of nitrogen functional groups attached to an aromatic ring is 1. The molecule has 0 bridgehead atoms. The van der Waals surface area contributed by atoms with Gasteiger partial charge in [-0.25, -0.2) is 0 Å². The van der Waals surface area contributed by atoms with Gasteiger partial charge in [0, 0.05) is 25.4 Å². The number of hydrogen-bond acceptors (Lipinski definition) is 4. The van der Waals surface area contributed by atoms with Crippen LogP contribution in [0.1, 0.15) is 17.7 Å². The smallest absolute Gasteiger partial charge is 0.224 e. The van der Waals surface area contributed by atoms with Crippen molar-refractivity contribution in [2.24, 2.45) is 7.05 Å². The van der Waals surface area contributed by atoms with Crippen LogP contribution in [0.2, 0.25) is 0 Å². The zero-order chi connectivity index (χ0) is 14.3. The summed E-state index contributed by atoms with van der Waals surface area (Å²) in [7, 11) is 1.88. The number of carbonyl (C=O) groups is 1. The Hall–Kier alpha value is -2.50. The van der Waals surface area contributed by atoms with E-state index >= 15 is 0 Å². The minimum Gasteiger partial charge on any atom is -0.397 e. The molecule has 1 aliphatic heterocycles.